The van der Waals surface area contributed by atoms with Crippen molar-refractivity contribution in [3.8, 4) is 22.2 Å². The molecular formula is C18H18N6O2S2. The molecule has 0 spiro atoms. The molecule has 0 aliphatic carbocycles. The molecule has 0 amide bonds. The van der Waals surface area contributed by atoms with E-state index in [-0.39, 0.29) is 5.25 Å². The van der Waals surface area contributed by atoms with Crippen LogP contribution in [0.15, 0.2) is 51.6 Å². The third-order valence-corrected chi connectivity index (χ3v) is 5.90. The number of hydrogen-bond donors (Lipinski definition) is 0. The Morgan fingerprint density at radius 2 is 2.04 bits per heavy atom. The fourth-order valence-corrected chi connectivity index (χ4v) is 4.13. The number of nitrogens with zero attached hydrogens (tertiary/aromatic N) is 6. The second kappa shape index (κ2) is 8.63. The van der Waals surface area contributed by atoms with Gasteiger partial charge in [0.2, 0.25) is 5.89 Å². The standard InChI is InChI=1S/C18H18N6O2S2/c1-12(16-21-22-17(26-16)14-4-3-11-27-14)28-18-23-20-15(24(18)9-10-25-2)13-5-7-19-8-6-13/h3-8,11-12H,9-10H2,1-2H3. The molecule has 1 atom stereocenters. The van der Waals surface area contributed by atoms with Crippen molar-refractivity contribution in [1.29, 1.82) is 0 Å². The molecule has 0 saturated heterocycles. The zero-order valence-corrected chi connectivity index (χ0v) is 17.0. The molecular weight excluding hydrogens is 396 g/mol. The van der Waals surface area contributed by atoms with Gasteiger partial charge in [0.15, 0.2) is 11.0 Å². The molecule has 4 aromatic heterocycles. The van der Waals surface area contributed by atoms with E-state index in [2.05, 4.69) is 25.4 Å². The van der Waals surface area contributed by atoms with Gasteiger partial charge in [-0.2, -0.15) is 0 Å². The van der Waals surface area contributed by atoms with E-state index in [1.165, 1.54) is 11.8 Å². The third kappa shape index (κ3) is 3.98. The lowest BCUT2D eigenvalue weighted by molar-refractivity contribution is 0.185. The lowest BCUT2D eigenvalue weighted by Gasteiger charge is -2.11. The molecule has 1 unspecified atom stereocenters. The SMILES string of the molecule is COCCn1c(SC(C)c2nnc(-c3cccs3)o2)nnc1-c1ccncc1. The van der Waals surface area contributed by atoms with Crippen LogP contribution in [0.4, 0.5) is 0 Å². The predicted octanol–water partition coefficient (Wildman–Crippen LogP) is 3.95. The van der Waals surface area contributed by atoms with Crippen molar-refractivity contribution < 1.29 is 9.15 Å². The molecule has 4 rings (SSSR count). The van der Waals surface area contributed by atoms with Crippen molar-refractivity contribution in [2.45, 2.75) is 23.9 Å². The van der Waals surface area contributed by atoms with Crippen LogP contribution in [0.2, 0.25) is 0 Å². The van der Waals surface area contributed by atoms with Gasteiger partial charge < -0.3 is 9.15 Å². The molecule has 0 aromatic carbocycles. The van der Waals surface area contributed by atoms with Crippen LogP contribution in [0.5, 0.6) is 0 Å². The van der Waals surface area contributed by atoms with Crippen molar-refractivity contribution >= 4 is 23.1 Å². The molecule has 144 valence electrons. The Morgan fingerprint density at radius 1 is 1.18 bits per heavy atom. The van der Waals surface area contributed by atoms with Gasteiger partial charge in [-0.05, 0) is 30.5 Å². The smallest absolute Gasteiger partial charge is 0.257 e. The number of thioether (sulfide) groups is 1. The Bertz CT molecular complexity index is 1020. The molecule has 4 aromatic rings. The van der Waals surface area contributed by atoms with Crippen LogP contribution < -0.4 is 0 Å². The molecule has 8 nitrogen and oxygen atoms in total. The molecule has 0 aliphatic rings. The predicted molar refractivity (Wildman–Crippen MR) is 107 cm³/mol. The largest absolute Gasteiger partial charge is 0.419 e. The minimum Gasteiger partial charge on any atom is -0.419 e. The lowest BCUT2D eigenvalue weighted by Crippen LogP contribution is -2.08. The number of thiophene rings is 1. The molecule has 0 aliphatic heterocycles. The monoisotopic (exact) mass is 414 g/mol. The van der Waals surface area contributed by atoms with E-state index < -0.39 is 0 Å². The van der Waals surface area contributed by atoms with Crippen LogP contribution in [-0.2, 0) is 11.3 Å². The number of pyridine rings is 1. The van der Waals surface area contributed by atoms with Gasteiger partial charge in [0.25, 0.3) is 5.89 Å². The Hall–Kier alpha value is -2.56. The van der Waals surface area contributed by atoms with Gasteiger partial charge in [0, 0.05) is 25.1 Å². The molecule has 0 N–H and O–H groups in total. The molecule has 4 heterocycles. The average molecular weight is 415 g/mol. The molecule has 0 bridgehead atoms. The van der Waals surface area contributed by atoms with E-state index in [1.807, 2.05) is 41.1 Å². The Kier molecular flexibility index (Phi) is 5.79. The molecule has 0 radical (unpaired) electrons. The quantitative estimate of drug-likeness (QED) is 0.400. The van der Waals surface area contributed by atoms with Gasteiger partial charge >= 0.3 is 0 Å². The second-order valence-electron chi connectivity index (χ2n) is 5.87. The normalized spacial score (nSPS) is 12.4. The number of hydrogen-bond acceptors (Lipinski definition) is 9. The first kappa shape index (κ1) is 18.8. The van der Waals surface area contributed by atoms with Crippen molar-refractivity contribution in [1.82, 2.24) is 29.9 Å². The minimum absolute atomic E-state index is 0.0722. The summed E-state index contributed by atoms with van der Waals surface area (Å²) < 4.78 is 13.1. The zero-order valence-electron chi connectivity index (χ0n) is 15.3. The van der Waals surface area contributed by atoms with Crippen LogP contribution in [0.3, 0.4) is 0 Å². The Labute approximate surface area is 170 Å². The first-order valence-electron chi connectivity index (χ1n) is 8.62. The van der Waals surface area contributed by atoms with E-state index in [0.29, 0.717) is 24.9 Å². The zero-order chi connectivity index (χ0) is 19.3. The molecule has 0 fully saturated rings. The fourth-order valence-electron chi connectivity index (χ4n) is 2.58. The van der Waals surface area contributed by atoms with Crippen molar-refractivity contribution in [2.75, 3.05) is 13.7 Å². The first-order valence-corrected chi connectivity index (χ1v) is 10.4. The number of methoxy groups -OCH3 is 1. The highest BCUT2D eigenvalue weighted by Gasteiger charge is 2.21. The van der Waals surface area contributed by atoms with Crippen LogP contribution in [0.1, 0.15) is 18.1 Å². The molecule has 10 heteroatoms. The van der Waals surface area contributed by atoms with Gasteiger partial charge in [-0.25, -0.2) is 0 Å². The fraction of sp³-hybridized carbons (Fsp3) is 0.278. The maximum absolute atomic E-state index is 5.85. The van der Waals surface area contributed by atoms with E-state index in [1.54, 1.807) is 30.8 Å². The average Bonchev–Trinajstić information content (AvgIpc) is 3.47. The maximum Gasteiger partial charge on any atom is 0.257 e. The van der Waals surface area contributed by atoms with Gasteiger partial charge in [-0.15, -0.1) is 31.7 Å². The van der Waals surface area contributed by atoms with Crippen LogP contribution in [0.25, 0.3) is 22.2 Å². The van der Waals surface area contributed by atoms with Gasteiger partial charge in [0.05, 0.1) is 23.3 Å². The van der Waals surface area contributed by atoms with Crippen LogP contribution >= 0.6 is 23.1 Å². The summed E-state index contributed by atoms with van der Waals surface area (Å²) in [5, 5.41) is 19.8. The third-order valence-electron chi connectivity index (χ3n) is 3.98. The summed E-state index contributed by atoms with van der Waals surface area (Å²) in [6.07, 6.45) is 3.48. The van der Waals surface area contributed by atoms with Crippen LogP contribution in [0, 0.1) is 0 Å². The molecule has 0 saturated carbocycles. The van der Waals surface area contributed by atoms with E-state index in [4.69, 9.17) is 9.15 Å². The lowest BCUT2D eigenvalue weighted by atomic mass is 10.2. The van der Waals surface area contributed by atoms with Gasteiger partial charge in [-0.1, -0.05) is 17.8 Å². The number of rotatable bonds is 8. The summed E-state index contributed by atoms with van der Waals surface area (Å²) in [6, 6.07) is 7.75. The van der Waals surface area contributed by atoms with Crippen molar-refractivity contribution in [3.05, 3.63) is 47.9 Å². The summed E-state index contributed by atoms with van der Waals surface area (Å²) >= 11 is 3.09. The summed E-state index contributed by atoms with van der Waals surface area (Å²) in [7, 11) is 1.68. The Morgan fingerprint density at radius 3 is 2.79 bits per heavy atom. The topological polar surface area (TPSA) is 91.8 Å². The highest BCUT2D eigenvalue weighted by Crippen LogP contribution is 2.36. The Balaban J connectivity index is 1.58. The molecule has 28 heavy (non-hydrogen) atoms. The summed E-state index contributed by atoms with van der Waals surface area (Å²) in [4.78, 5) is 5.02. The second-order valence-corrected chi connectivity index (χ2v) is 8.12. The van der Waals surface area contributed by atoms with Crippen LogP contribution in [-0.4, -0.2) is 43.7 Å². The summed E-state index contributed by atoms with van der Waals surface area (Å²) in [5.41, 5.74) is 0.955. The van der Waals surface area contributed by atoms with E-state index >= 15 is 0 Å². The van der Waals surface area contributed by atoms with Crippen molar-refractivity contribution in [2.24, 2.45) is 0 Å². The summed E-state index contributed by atoms with van der Waals surface area (Å²) in [6.45, 7) is 3.21. The van der Waals surface area contributed by atoms with Crippen molar-refractivity contribution in [3.63, 3.8) is 0 Å². The number of aromatic nitrogens is 6. The van der Waals surface area contributed by atoms with E-state index in [0.717, 1.165) is 21.4 Å². The first-order chi connectivity index (χ1) is 13.8. The number of ether oxygens (including phenoxy) is 1. The maximum atomic E-state index is 5.85. The van der Waals surface area contributed by atoms with Gasteiger partial charge in [0.1, 0.15) is 0 Å². The minimum atomic E-state index is -0.0722. The van der Waals surface area contributed by atoms with Gasteiger partial charge in [-0.3, -0.25) is 9.55 Å². The highest BCUT2D eigenvalue weighted by molar-refractivity contribution is 7.99. The van der Waals surface area contributed by atoms with E-state index in [9.17, 15) is 0 Å². The highest BCUT2D eigenvalue weighted by atomic mass is 32.2. The summed E-state index contributed by atoms with van der Waals surface area (Å²) in [5.74, 6) is 1.87.